The van der Waals surface area contributed by atoms with E-state index in [0.29, 0.717) is 19.8 Å². The van der Waals surface area contributed by atoms with Crippen molar-refractivity contribution < 1.29 is 14.3 Å². The van der Waals surface area contributed by atoms with Gasteiger partial charge >= 0.3 is 6.09 Å². The fourth-order valence-electron chi connectivity index (χ4n) is 3.17. The van der Waals surface area contributed by atoms with Crippen LogP contribution in [0, 0.1) is 0 Å². The van der Waals surface area contributed by atoms with Crippen molar-refractivity contribution in [1.82, 2.24) is 4.90 Å². The molecule has 1 aliphatic rings. The minimum Gasteiger partial charge on any atom is -0.450 e. The molecule has 2 aromatic carbocycles. The molecule has 24 heavy (non-hydrogen) atoms. The Morgan fingerprint density at radius 1 is 1.08 bits per heavy atom. The van der Waals surface area contributed by atoms with Gasteiger partial charge in [0, 0.05) is 6.54 Å². The summed E-state index contributed by atoms with van der Waals surface area (Å²) in [7, 11) is 0. The van der Waals surface area contributed by atoms with Gasteiger partial charge < -0.3 is 9.47 Å². The van der Waals surface area contributed by atoms with E-state index in [1.165, 1.54) is 0 Å². The van der Waals surface area contributed by atoms with Crippen molar-refractivity contribution in [3.05, 3.63) is 71.8 Å². The molecule has 1 aliphatic heterocycles. The minimum atomic E-state index is -0.267. The van der Waals surface area contributed by atoms with Crippen LogP contribution in [0.5, 0.6) is 0 Å². The summed E-state index contributed by atoms with van der Waals surface area (Å²) < 4.78 is 11.4. The molecule has 0 spiro atoms. The Hall–Kier alpha value is -2.33. The Morgan fingerprint density at radius 2 is 1.75 bits per heavy atom. The molecule has 4 nitrogen and oxygen atoms in total. The lowest BCUT2D eigenvalue weighted by Gasteiger charge is -2.28. The second-order valence-corrected chi connectivity index (χ2v) is 5.87. The maximum absolute atomic E-state index is 12.3. The normalized spacial score (nSPS) is 20.1. The van der Waals surface area contributed by atoms with E-state index in [4.69, 9.17) is 9.47 Å². The average molecular weight is 325 g/mol. The molecule has 1 heterocycles. The number of likely N-dealkylation sites (tertiary alicyclic amines) is 1. The van der Waals surface area contributed by atoms with Gasteiger partial charge in [-0.15, -0.1) is 0 Å². The van der Waals surface area contributed by atoms with Crippen molar-refractivity contribution in [2.45, 2.75) is 32.1 Å². The fraction of sp³-hybridized carbons (Fsp3) is 0.350. The second-order valence-electron chi connectivity index (χ2n) is 5.87. The van der Waals surface area contributed by atoms with Crippen LogP contribution in [0.2, 0.25) is 0 Å². The number of carbonyl (C=O) groups excluding carboxylic acids is 1. The van der Waals surface area contributed by atoms with Crippen LogP contribution in [0.15, 0.2) is 60.7 Å². The van der Waals surface area contributed by atoms with Crippen molar-refractivity contribution >= 4 is 6.09 Å². The van der Waals surface area contributed by atoms with E-state index in [9.17, 15) is 4.79 Å². The SMILES string of the molecule is CCOC(=O)N1CCC(OCc2ccccc2)C1c1ccccc1. The summed E-state index contributed by atoms with van der Waals surface area (Å²) in [5.74, 6) is 0. The molecular weight excluding hydrogens is 302 g/mol. The van der Waals surface area contributed by atoms with Crippen LogP contribution in [-0.2, 0) is 16.1 Å². The highest BCUT2D eigenvalue weighted by molar-refractivity contribution is 5.69. The summed E-state index contributed by atoms with van der Waals surface area (Å²) in [6.07, 6.45) is 0.514. The summed E-state index contributed by atoms with van der Waals surface area (Å²) in [6, 6.07) is 20.1. The highest BCUT2D eigenvalue weighted by atomic mass is 16.6. The summed E-state index contributed by atoms with van der Waals surface area (Å²) in [6.45, 7) is 3.41. The predicted octanol–water partition coefficient (Wildman–Crippen LogP) is 4.18. The molecular formula is C20H23NO3. The first-order valence-electron chi connectivity index (χ1n) is 8.43. The Labute approximate surface area is 143 Å². The molecule has 0 N–H and O–H groups in total. The molecule has 0 saturated carbocycles. The molecule has 0 aromatic heterocycles. The standard InChI is InChI=1S/C20H23NO3/c1-2-23-20(22)21-14-13-18(19(21)17-11-7-4-8-12-17)24-15-16-9-5-3-6-10-16/h3-12,18-19H,2,13-15H2,1H3. The summed E-state index contributed by atoms with van der Waals surface area (Å²) in [5, 5.41) is 0. The molecule has 126 valence electrons. The van der Waals surface area contributed by atoms with E-state index in [-0.39, 0.29) is 18.2 Å². The van der Waals surface area contributed by atoms with Crippen molar-refractivity contribution in [3.8, 4) is 0 Å². The number of ether oxygens (including phenoxy) is 2. The maximum Gasteiger partial charge on any atom is 0.410 e. The van der Waals surface area contributed by atoms with Crippen LogP contribution in [0.1, 0.15) is 30.5 Å². The van der Waals surface area contributed by atoms with E-state index < -0.39 is 0 Å². The summed E-state index contributed by atoms with van der Waals surface area (Å²) >= 11 is 0. The first kappa shape index (κ1) is 16.5. The highest BCUT2D eigenvalue weighted by Gasteiger charge is 2.39. The molecule has 1 amide bonds. The van der Waals surface area contributed by atoms with Gasteiger partial charge in [0.15, 0.2) is 0 Å². The van der Waals surface area contributed by atoms with Crippen LogP contribution in [0.25, 0.3) is 0 Å². The third-order valence-electron chi connectivity index (χ3n) is 4.29. The lowest BCUT2D eigenvalue weighted by atomic mass is 10.0. The molecule has 0 bridgehead atoms. The maximum atomic E-state index is 12.3. The lowest BCUT2D eigenvalue weighted by molar-refractivity contribution is 0.0132. The lowest BCUT2D eigenvalue weighted by Crippen LogP contribution is -2.34. The van der Waals surface area contributed by atoms with Gasteiger partial charge in [0.1, 0.15) is 0 Å². The zero-order valence-electron chi connectivity index (χ0n) is 13.9. The Morgan fingerprint density at radius 3 is 2.42 bits per heavy atom. The van der Waals surface area contributed by atoms with Gasteiger partial charge in [0.25, 0.3) is 0 Å². The van der Waals surface area contributed by atoms with Crippen LogP contribution in [-0.4, -0.2) is 30.2 Å². The molecule has 0 radical (unpaired) electrons. The highest BCUT2D eigenvalue weighted by Crippen LogP contribution is 2.35. The van der Waals surface area contributed by atoms with Crippen LogP contribution in [0.4, 0.5) is 4.79 Å². The third kappa shape index (κ3) is 3.77. The van der Waals surface area contributed by atoms with Gasteiger partial charge in [-0.2, -0.15) is 0 Å². The number of nitrogens with zero attached hydrogens (tertiary/aromatic N) is 1. The van der Waals surface area contributed by atoms with Crippen LogP contribution in [0.3, 0.4) is 0 Å². The Bertz CT molecular complexity index is 644. The molecule has 1 fully saturated rings. The monoisotopic (exact) mass is 325 g/mol. The largest absolute Gasteiger partial charge is 0.450 e. The third-order valence-corrected chi connectivity index (χ3v) is 4.29. The number of amides is 1. The summed E-state index contributed by atoms with van der Waals surface area (Å²) in [4.78, 5) is 14.1. The quantitative estimate of drug-likeness (QED) is 0.828. The van der Waals surface area contributed by atoms with Gasteiger partial charge in [0.05, 0.1) is 25.4 Å². The average Bonchev–Trinajstić information content (AvgIpc) is 3.06. The second kappa shape index (κ2) is 7.97. The molecule has 4 heteroatoms. The van der Waals surface area contributed by atoms with Gasteiger partial charge in [-0.3, -0.25) is 4.90 Å². The first-order valence-corrected chi connectivity index (χ1v) is 8.43. The number of carbonyl (C=O) groups is 1. The Balaban J connectivity index is 1.76. The zero-order chi connectivity index (χ0) is 16.8. The molecule has 0 aliphatic carbocycles. The van der Waals surface area contributed by atoms with E-state index in [2.05, 4.69) is 12.1 Å². The molecule has 2 aromatic rings. The number of benzene rings is 2. The van der Waals surface area contributed by atoms with Gasteiger partial charge in [-0.05, 0) is 24.5 Å². The van der Waals surface area contributed by atoms with Crippen molar-refractivity contribution in [2.24, 2.45) is 0 Å². The zero-order valence-corrected chi connectivity index (χ0v) is 13.9. The van der Waals surface area contributed by atoms with Gasteiger partial charge in [-0.25, -0.2) is 4.79 Å². The van der Waals surface area contributed by atoms with E-state index >= 15 is 0 Å². The summed E-state index contributed by atoms with van der Waals surface area (Å²) in [5.41, 5.74) is 2.22. The van der Waals surface area contributed by atoms with Gasteiger partial charge in [-0.1, -0.05) is 60.7 Å². The smallest absolute Gasteiger partial charge is 0.410 e. The minimum absolute atomic E-state index is 0.0305. The number of hydrogen-bond acceptors (Lipinski definition) is 3. The van der Waals surface area contributed by atoms with E-state index in [1.807, 2.05) is 55.5 Å². The number of rotatable bonds is 5. The van der Waals surface area contributed by atoms with Crippen molar-refractivity contribution in [1.29, 1.82) is 0 Å². The van der Waals surface area contributed by atoms with E-state index in [0.717, 1.165) is 17.5 Å². The van der Waals surface area contributed by atoms with E-state index in [1.54, 1.807) is 4.90 Å². The topological polar surface area (TPSA) is 38.8 Å². The van der Waals surface area contributed by atoms with Gasteiger partial charge in [0.2, 0.25) is 0 Å². The van der Waals surface area contributed by atoms with Crippen molar-refractivity contribution in [2.75, 3.05) is 13.2 Å². The first-order chi connectivity index (χ1) is 11.8. The fourth-order valence-corrected chi connectivity index (χ4v) is 3.17. The van der Waals surface area contributed by atoms with Crippen LogP contribution < -0.4 is 0 Å². The predicted molar refractivity (Wildman–Crippen MR) is 92.5 cm³/mol. The molecule has 3 rings (SSSR count). The molecule has 2 unspecified atom stereocenters. The van der Waals surface area contributed by atoms with Crippen molar-refractivity contribution in [3.63, 3.8) is 0 Å². The van der Waals surface area contributed by atoms with Crippen LogP contribution >= 0.6 is 0 Å². The number of hydrogen-bond donors (Lipinski definition) is 0. The molecule has 2 atom stereocenters. The molecule has 1 saturated heterocycles. The Kier molecular flexibility index (Phi) is 5.49.